The predicted molar refractivity (Wildman–Crippen MR) is 48.7 cm³/mol. The lowest BCUT2D eigenvalue weighted by Crippen LogP contribution is -2.42. The van der Waals surface area contributed by atoms with Crippen LogP contribution in [0.25, 0.3) is 0 Å². The third kappa shape index (κ3) is 2.21. The Balaban J connectivity index is 2.33. The zero-order chi connectivity index (χ0) is 9.14. The van der Waals surface area contributed by atoms with Gasteiger partial charge in [0.1, 0.15) is 0 Å². The zero-order valence-corrected chi connectivity index (χ0v) is 7.92. The Bertz CT molecular complexity index is 166. The van der Waals surface area contributed by atoms with Gasteiger partial charge in [0.05, 0.1) is 6.04 Å². The highest BCUT2D eigenvalue weighted by atomic mass is 16.2. The number of rotatable bonds is 4. The molecule has 0 saturated heterocycles. The normalized spacial score (nSPS) is 18.9. The third-order valence-electron chi connectivity index (χ3n) is 2.36. The highest BCUT2D eigenvalue weighted by molar-refractivity contribution is 5.81. The number of nitrogens with zero attached hydrogens (tertiary/aromatic N) is 1. The summed E-state index contributed by atoms with van der Waals surface area (Å²) in [5.74, 6) is 0.111. The van der Waals surface area contributed by atoms with Crippen LogP contribution < -0.4 is 5.73 Å². The fraction of sp³-hybridized carbons (Fsp3) is 0.889. The van der Waals surface area contributed by atoms with Crippen molar-refractivity contribution >= 4 is 5.91 Å². The summed E-state index contributed by atoms with van der Waals surface area (Å²) in [6.07, 6.45) is 4.09. The first-order valence-corrected chi connectivity index (χ1v) is 4.69. The molecule has 0 aromatic carbocycles. The van der Waals surface area contributed by atoms with E-state index in [2.05, 4.69) is 0 Å². The Morgan fingerprint density at radius 3 is 2.67 bits per heavy atom. The van der Waals surface area contributed by atoms with Crippen LogP contribution in [0.4, 0.5) is 0 Å². The van der Waals surface area contributed by atoms with Crippen molar-refractivity contribution in [1.82, 2.24) is 4.90 Å². The highest BCUT2D eigenvalue weighted by Crippen LogP contribution is 2.25. The van der Waals surface area contributed by atoms with Crippen LogP contribution in [0.2, 0.25) is 0 Å². The molecule has 0 aromatic rings. The van der Waals surface area contributed by atoms with Crippen molar-refractivity contribution in [3.8, 4) is 0 Å². The summed E-state index contributed by atoms with van der Waals surface area (Å²) in [4.78, 5) is 13.3. The molecule has 0 aliphatic heterocycles. The maximum atomic E-state index is 11.5. The molecule has 0 bridgehead atoms. The molecule has 1 fully saturated rings. The summed E-state index contributed by atoms with van der Waals surface area (Å²) in [5, 5.41) is 0. The van der Waals surface area contributed by atoms with Crippen molar-refractivity contribution in [1.29, 1.82) is 0 Å². The number of carbonyl (C=O) groups excluding carboxylic acids is 1. The third-order valence-corrected chi connectivity index (χ3v) is 2.36. The quantitative estimate of drug-likeness (QED) is 0.676. The van der Waals surface area contributed by atoms with Crippen molar-refractivity contribution in [2.24, 2.45) is 5.73 Å². The molecule has 70 valence electrons. The van der Waals surface area contributed by atoms with Gasteiger partial charge in [-0.2, -0.15) is 0 Å². The Labute approximate surface area is 73.9 Å². The van der Waals surface area contributed by atoms with Gasteiger partial charge in [-0.15, -0.1) is 0 Å². The molecule has 0 aromatic heterocycles. The number of carbonyl (C=O) groups is 1. The molecule has 1 aliphatic carbocycles. The monoisotopic (exact) mass is 170 g/mol. The molecule has 12 heavy (non-hydrogen) atoms. The molecule has 0 radical (unpaired) electrons. The van der Waals surface area contributed by atoms with Crippen molar-refractivity contribution in [3.63, 3.8) is 0 Å². The zero-order valence-electron chi connectivity index (χ0n) is 7.92. The van der Waals surface area contributed by atoms with Gasteiger partial charge < -0.3 is 10.6 Å². The maximum absolute atomic E-state index is 11.5. The molecule has 1 rings (SSSR count). The van der Waals surface area contributed by atoms with Gasteiger partial charge in [0.25, 0.3) is 0 Å². The van der Waals surface area contributed by atoms with Crippen LogP contribution in [0.1, 0.15) is 32.6 Å². The van der Waals surface area contributed by atoms with E-state index in [4.69, 9.17) is 5.73 Å². The lowest BCUT2D eigenvalue weighted by molar-refractivity contribution is -0.131. The van der Waals surface area contributed by atoms with Gasteiger partial charge in [-0.05, 0) is 19.3 Å². The van der Waals surface area contributed by atoms with E-state index in [1.54, 1.807) is 4.90 Å². The first-order valence-electron chi connectivity index (χ1n) is 4.69. The summed E-state index contributed by atoms with van der Waals surface area (Å²) in [5.41, 5.74) is 5.70. The molecule has 2 N–H and O–H groups in total. The summed E-state index contributed by atoms with van der Waals surface area (Å²) >= 11 is 0. The van der Waals surface area contributed by atoms with Crippen LogP contribution in [-0.2, 0) is 4.79 Å². The summed E-state index contributed by atoms with van der Waals surface area (Å²) in [6.45, 7) is 2.05. The lowest BCUT2D eigenvalue weighted by Gasteiger charge is -2.20. The fourth-order valence-corrected chi connectivity index (χ4v) is 1.34. The highest BCUT2D eigenvalue weighted by Gasteiger charge is 2.31. The van der Waals surface area contributed by atoms with Gasteiger partial charge in [0.15, 0.2) is 0 Å². The van der Waals surface area contributed by atoms with E-state index >= 15 is 0 Å². The Morgan fingerprint density at radius 2 is 2.25 bits per heavy atom. The first-order chi connectivity index (χ1) is 5.66. The number of amides is 1. The SMILES string of the molecule is CCC[C@@H](N)C(=O)N(C)C1CC1. The molecule has 1 saturated carbocycles. The summed E-state index contributed by atoms with van der Waals surface area (Å²) in [6, 6.07) is 0.209. The average Bonchev–Trinajstić information content (AvgIpc) is 2.84. The minimum absolute atomic E-state index is 0.111. The van der Waals surface area contributed by atoms with Gasteiger partial charge in [-0.3, -0.25) is 4.79 Å². The van der Waals surface area contributed by atoms with Gasteiger partial charge in [-0.1, -0.05) is 13.3 Å². The number of likely N-dealkylation sites (N-methyl/N-ethyl adjacent to an activating group) is 1. The van der Waals surface area contributed by atoms with Crippen molar-refractivity contribution in [3.05, 3.63) is 0 Å². The molecule has 1 aliphatic rings. The smallest absolute Gasteiger partial charge is 0.239 e. The molecular weight excluding hydrogens is 152 g/mol. The summed E-state index contributed by atoms with van der Waals surface area (Å²) < 4.78 is 0. The maximum Gasteiger partial charge on any atom is 0.239 e. The second-order valence-electron chi connectivity index (χ2n) is 3.58. The first kappa shape index (κ1) is 9.52. The number of nitrogens with two attached hydrogens (primary N) is 1. The minimum atomic E-state index is -0.277. The van der Waals surface area contributed by atoms with Crippen LogP contribution >= 0.6 is 0 Å². The number of hydrogen-bond donors (Lipinski definition) is 1. The molecule has 1 amide bonds. The topological polar surface area (TPSA) is 46.3 Å². The van der Waals surface area contributed by atoms with E-state index in [9.17, 15) is 4.79 Å². The van der Waals surface area contributed by atoms with E-state index in [-0.39, 0.29) is 11.9 Å². The molecule has 0 heterocycles. The van der Waals surface area contributed by atoms with E-state index < -0.39 is 0 Å². The Morgan fingerprint density at radius 1 is 1.67 bits per heavy atom. The van der Waals surface area contributed by atoms with E-state index in [1.807, 2.05) is 14.0 Å². The largest absolute Gasteiger partial charge is 0.341 e. The Hall–Kier alpha value is -0.570. The molecule has 1 atom stereocenters. The van der Waals surface area contributed by atoms with Crippen LogP contribution in [0.3, 0.4) is 0 Å². The minimum Gasteiger partial charge on any atom is -0.341 e. The number of hydrogen-bond acceptors (Lipinski definition) is 2. The standard InChI is InChI=1S/C9H18N2O/c1-3-4-8(10)9(12)11(2)7-5-6-7/h7-8H,3-6,10H2,1-2H3/t8-/m1/s1. The fourth-order valence-electron chi connectivity index (χ4n) is 1.34. The molecule has 3 nitrogen and oxygen atoms in total. The van der Waals surface area contributed by atoms with Crippen LogP contribution in [0.5, 0.6) is 0 Å². The lowest BCUT2D eigenvalue weighted by atomic mass is 10.1. The average molecular weight is 170 g/mol. The van der Waals surface area contributed by atoms with E-state index in [0.717, 1.165) is 25.7 Å². The van der Waals surface area contributed by atoms with Gasteiger partial charge in [0.2, 0.25) is 5.91 Å². The second-order valence-corrected chi connectivity index (χ2v) is 3.58. The molecule has 3 heteroatoms. The summed E-state index contributed by atoms with van der Waals surface area (Å²) in [7, 11) is 1.86. The van der Waals surface area contributed by atoms with Crippen molar-refractivity contribution < 1.29 is 4.79 Å². The molecule has 0 spiro atoms. The van der Waals surface area contributed by atoms with Gasteiger partial charge in [0, 0.05) is 13.1 Å². The van der Waals surface area contributed by atoms with Gasteiger partial charge >= 0.3 is 0 Å². The van der Waals surface area contributed by atoms with Crippen molar-refractivity contribution in [2.45, 2.75) is 44.7 Å². The molecule has 0 unspecified atom stereocenters. The van der Waals surface area contributed by atoms with Crippen LogP contribution in [0, 0.1) is 0 Å². The predicted octanol–water partition coefficient (Wildman–Crippen LogP) is 0.735. The van der Waals surface area contributed by atoms with E-state index in [0.29, 0.717) is 6.04 Å². The molecular formula is C9H18N2O. The van der Waals surface area contributed by atoms with Crippen LogP contribution in [0.15, 0.2) is 0 Å². The second kappa shape index (κ2) is 3.90. The van der Waals surface area contributed by atoms with E-state index in [1.165, 1.54) is 0 Å². The Kier molecular flexibility index (Phi) is 3.09. The van der Waals surface area contributed by atoms with Gasteiger partial charge in [-0.25, -0.2) is 0 Å². The van der Waals surface area contributed by atoms with Crippen LogP contribution in [-0.4, -0.2) is 29.9 Å². The van der Waals surface area contributed by atoms with Crippen molar-refractivity contribution in [2.75, 3.05) is 7.05 Å².